The highest BCUT2D eigenvalue weighted by Crippen LogP contribution is 2.30. The van der Waals surface area contributed by atoms with Crippen molar-refractivity contribution in [2.75, 3.05) is 6.54 Å². The Morgan fingerprint density at radius 1 is 1.00 bits per heavy atom. The standard InChI is InChI=1S/C26H23N5O3/c1-30-23-19(25(33)31(2)26(30)34)12-17(13-28-23)24(32)29-14-20(16-8-4-3-5-9-16)21-15-27-22-11-7-6-10-18(21)22/h3-13,15,20,27H,14H2,1-2H3,(H,29,32). The van der Waals surface area contributed by atoms with E-state index in [1.807, 2.05) is 54.7 Å². The smallest absolute Gasteiger partial charge is 0.332 e. The molecular weight excluding hydrogens is 430 g/mol. The van der Waals surface area contributed by atoms with Gasteiger partial charge in [0, 0.05) is 49.9 Å². The third-order valence-electron chi connectivity index (χ3n) is 6.22. The van der Waals surface area contributed by atoms with E-state index in [0.29, 0.717) is 6.54 Å². The molecule has 34 heavy (non-hydrogen) atoms. The first kappa shape index (κ1) is 21.4. The summed E-state index contributed by atoms with van der Waals surface area (Å²) in [5.74, 6) is -0.422. The van der Waals surface area contributed by atoms with Crippen molar-refractivity contribution in [2.24, 2.45) is 14.1 Å². The Kier molecular flexibility index (Phi) is 5.33. The zero-order valence-corrected chi connectivity index (χ0v) is 18.8. The molecule has 3 aromatic heterocycles. The second-order valence-corrected chi connectivity index (χ2v) is 8.26. The van der Waals surface area contributed by atoms with Crippen LogP contribution in [0, 0.1) is 0 Å². The van der Waals surface area contributed by atoms with Gasteiger partial charge in [0.15, 0.2) is 0 Å². The molecule has 0 aliphatic heterocycles. The van der Waals surface area contributed by atoms with Crippen LogP contribution in [0.15, 0.2) is 82.6 Å². The monoisotopic (exact) mass is 453 g/mol. The van der Waals surface area contributed by atoms with E-state index < -0.39 is 11.2 Å². The summed E-state index contributed by atoms with van der Waals surface area (Å²) in [7, 11) is 2.95. The Balaban J connectivity index is 1.48. The number of hydrogen-bond acceptors (Lipinski definition) is 4. The molecule has 1 atom stereocenters. The molecule has 2 N–H and O–H groups in total. The van der Waals surface area contributed by atoms with E-state index in [1.54, 1.807) is 7.05 Å². The van der Waals surface area contributed by atoms with Crippen molar-refractivity contribution in [1.82, 2.24) is 24.4 Å². The normalized spacial score (nSPS) is 12.2. The van der Waals surface area contributed by atoms with Gasteiger partial charge in [0.1, 0.15) is 5.65 Å². The van der Waals surface area contributed by atoms with Gasteiger partial charge in [-0.15, -0.1) is 0 Å². The van der Waals surface area contributed by atoms with Gasteiger partial charge in [-0.3, -0.25) is 18.7 Å². The van der Waals surface area contributed by atoms with Crippen molar-refractivity contribution >= 4 is 27.8 Å². The van der Waals surface area contributed by atoms with E-state index in [0.717, 1.165) is 26.6 Å². The summed E-state index contributed by atoms with van der Waals surface area (Å²) in [6.07, 6.45) is 3.37. The molecular formula is C26H23N5O3. The fourth-order valence-electron chi connectivity index (χ4n) is 4.36. The van der Waals surface area contributed by atoms with Crippen molar-refractivity contribution in [3.05, 3.63) is 111 Å². The van der Waals surface area contributed by atoms with Crippen LogP contribution in [0.1, 0.15) is 27.4 Å². The number of fused-ring (bicyclic) bond motifs is 2. The molecule has 0 aliphatic carbocycles. The number of aromatic nitrogens is 4. The second-order valence-electron chi connectivity index (χ2n) is 8.26. The number of H-pyrrole nitrogens is 1. The first-order chi connectivity index (χ1) is 16.5. The number of carbonyl (C=O) groups is 1. The van der Waals surface area contributed by atoms with E-state index in [1.165, 1.54) is 23.9 Å². The first-order valence-electron chi connectivity index (χ1n) is 10.9. The van der Waals surface area contributed by atoms with Crippen LogP contribution in [0.2, 0.25) is 0 Å². The van der Waals surface area contributed by atoms with Crippen molar-refractivity contribution in [1.29, 1.82) is 0 Å². The van der Waals surface area contributed by atoms with Gasteiger partial charge < -0.3 is 10.3 Å². The van der Waals surface area contributed by atoms with Crippen LogP contribution < -0.4 is 16.6 Å². The Bertz CT molecular complexity index is 1650. The number of hydrogen-bond donors (Lipinski definition) is 2. The fourth-order valence-corrected chi connectivity index (χ4v) is 4.36. The Labute approximate surface area is 194 Å². The quantitative estimate of drug-likeness (QED) is 0.427. The molecule has 8 heteroatoms. The largest absolute Gasteiger partial charge is 0.361 e. The van der Waals surface area contributed by atoms with Crippen LogP contribution in [-0.2, 0) is 14.1 Å². The Morgan fingerprint density at radius 2 is 1.74 bits per heavy atom. The summed E-state index contributed by atoms with van der Waals surface area (Å²) in [6.45, 7) is 0.355. The van der Waals surface area contributed by atoms with Crippen LogP contribution in [0.5, 0.6) is 0 Å². The first-order valence-corrected chi connectivity index (χ1v) is 10.9. The molecule has 170 valence electrons. The highest BCUT2D eigenvalue weighted by atomic mass is 16.2. The van der Waals surface area contributed by atoms with Crippen LogP contribution in [-0.4, -0.2) is 31.6 Å². The van der Waals surface area contributed by atoms with Crippen LogP contribution in [0.25, 0.3) is 21.9 Å². The predicted octanol–water partition coefficient (Wildman–Crippen LogP) is 2.68. The van der Waals surface area contributed by atoms with Crippen molar-refractivity contribution in [3.63, 3.8) is 0 Å². The molecule has 1 unspecified atom stereocenters. The molecule has 0 saturated heterocycles. The van der Waals surface area contributed by atoms with Gasteiger partial charge >= 0.3 is 5.69 Å². The van der Waals surface area contributed by atoms with Gasteiger partial charge in [-0.2, -0.15) is 0 Å². The molecule has 5 rings (SSSR count). The molecule has 5 aromatic rings. The molecule has 0 saturated carbocycles. The van der Waals surface area contributed by atoms with Gasteiger partial charge in [0.2, 0.25) is 0 Å². The van der Waals surface area contributed by atoms with E-state index >= 15 is 0 Å². The maximum atomic E-state index is 13.1. The number of rotatable bonds is 5. The van der Waals surface area contributed by atoms with E-state index in [-0.39, 0.29) is 28.4 Å². The molecule has 0 fully saturated rings. The number of nitrogens with one attached hydrogen (secondary N) is 2. The lowest BCUT2D eigenvalue weighted by atomic mass is 9.91. The lowest BCUT2D eigenvalue weighted by molar-refractivity contribution is 0.0952. The van der Waals surface area contributed by atoms with Crippen molar-refractivity contribution in [2.45, 2.75) is 5.92 Å². The van der Waals surface area contributed by atoms with Crippen LogP contribution in [0.4, 0.5) is 0 Å². The molecule has 0 bridgehead atoms. The number of pyridine rings is 1. The average Bonchev–Trinajstić information content (AvgIpc) is 3.30. The topological polar surface area (TPSA) is 102 Å². The summed E-state index contributed by atoms with van der Waals surface area (Å²) in [6, 6.07) is 19.6. The summed E-state index contributed by atoms with van der Waals surface area (Å²) in [5.41, 5.74) is 2.74. The zero-order chi connectivity index (χ0) is 23.8. The number of nitrogens with zero attached hydrogens (tertiary/aromatic N) is 3. The van der Waals surface area contributed by atoms with Crippen molar-refractivity contribution < 1.29 is 4.79 Å². The zero-order valence-electron chi connectivity index (χ0n) is 18.8. The number of carbonyl (C=O) groups excluding carboxylic acids is 1. The molecule has 3 heterocycles. The van der Waals surface area contributed by atoms with E-state index in [4.69, 9.17) is 0 Å². The maximum absolute atomic E-state index is 13.1. The van der Waals surface area contributed by atoms with Crippen LogP contribution >= 0.6 is 0 Å². The third kappa shape index (κ3) is 3.59. The summed E-state index contributed by atoms with van der Waals surface area (Å²) in [4.78, 5) is 45.3. The molecule has 8 nitrogen and oxygen atoms in total. The highest BCUT2D eigenvalue weighted by Gasteiger charge is 2.20. The summed E-state index contributed by atoms with van der Waals surface area (Å²) in [5, 5.41) is 4.32. The lowest BCUT2D eigenvalue weighted by Gasteiger charge is -2.18. The predicted molar refractivity (Wildman–Crippen MR) is 131 cm³/mol. The molecule has 0 aliphatic rings. The van der Waals surface area contributed by atoms with Crippen molar-refractivity contribution in [3.8, 4) is 0 Å². The minimum Gasteiger partial charge on any atom is -0.361 e. The number of aryl methyl sites for hydroxylation is 1. The van der Waals surface area contributed by atoms with Gasteiger partial charge in [-0.1, -0.05) is 48.5 Å². The number of aromatic amines is 1. The van der Waals surface area contributed by atoms with Gasteiger partial charge in [0.05, 0.1) is 10.9 Å². The molecule has 1 amide bonds. The van der Waals surface area contributed by atoms with E-state index in [2.05, 4.69) is 21.4 Å². The number of amides is 1. The number of benzene rings is 2. The average molecular weight is 454 g/mol. The SMILES string of the molecule is Cn1c(=O)c2cc(C(=O)NCC(c3ccccc3)c3c[nH]c4ccccc34)cnc2n(C)c1=O. The summed E-state index contributed by atoms with van der Waals surface area (Å²) >= 11 is 0. The summed E-state index contributed by atoms with van der Waals surface area (Å²) < 4.78 is 2.30. The van der Waals surface area contributed by atoms with Gasteiger partial charge in [-0.25, -0.2) is 9.78 Å². The maximum Gasteiger partial charge on any atom is 0.332 e. The second kappa shape index (κ2) is 8.47. The van der Waals surface area contributed by atoms with Crippen LogP contribution in [0.3, 0.4) is 0 Å². The van der Waals surface area contributed by atoms with Gasteiger partial charge in [0.25, 0.3) is 11.5 Å². The Morgan fingerprint density at radius 3 is 2.53 bits per heavy atom. The Hall–Kier alpha value is -4.46. The third-order valence-corrected chi connectivity index (χ3v) is 6.22. The fraction of sp³-hybridized carbons (Fsp3) is 0.154. The minimum absolute atomic E-state index is 0.0802. The lowest BCUT2D eigenvalue weighted by Crippen LogP contribution is -2.37. The van der Waals surface area contributed by atoms with E-state index in [9.17, 15) is 14.4 Å². The highest BCUT2D eigenvalue weighted by molar-refractivity contribution is 5.96. The van der Waals surface area contributed by atoms with Gasteiger partial charge in [-0.05, 0) is 23.3 Å². The molecule has 0 radical (unpaired) electrons. The minimum atomic E-state index is -0.485. The number of para-hydroxylation sites is 1. The molecule has 0 spiro atoms. The molecule has 2 aromatic carbocycles.